The van der Waals surface area contributed by atoms with Crippen LogP contribution in [-0.2, 0) is 20.7 Å². The lowest BCUT2D eigenvalue weighted by atomic mass is 9.96. The van der Waals surface area contributed by atoms with Crippen molar-refractivity contribution in [2.45, 2.75) is 63.2 Å². The number of hydrogen-bond acceptors (Lipinski definition) is 5. The van der Waals surface area contributed by atoms with Crippen molar-refractivity contribution in [2.75, 3.05) is 19.7 Å². The molecule has 1 aromatic rings. The number of ether oxygens (including phenoxy) is 1. The first-order valence-electron chi connectivity index (χ1n) is 9.89. The lowest BCUT2D eigenvalue weighted by Crippen LogP contribution is -2.52. The number of nitrogens with one attached hydrogen (secondary N) is 1. The van der Waals surface area contributed by atoms with E-state index in [0.717, 1.165) is 25.9 Å². The van der Waals surface area contributed by atoms with E-state index in [1.165, 1.54) is 6.42 Å². The van der Waals surface area contributed by atoms with Gasteiger partial charge in [0.2, 0.25) is 11.8 Å². The molecule has 0 spiro atoms. The van der Waals surface area contributed by atoms with E-state index in [0.29, 0.717) is 25.0 Å². The van der Waals surface area contributed by atoms with Crippen molar-refractivity contribution in [1.82, 2.24) is 15.2 Å². The van der Waals surface area contributed by atoms with E-state index in [1.807, 2.05) is 23.1 Å². The fourth-order valence-electron chi connectivity index (χ4n) is 3.84. The van der Waals surface area contributed by atoms with Crippen LogP contribution in [0, 0.1) is 0 Å². The van der Waals surface area contributed by atoms with Crippen LogP contribution in [0.5, 0.6) is 0 Å². The SMILES string of the molecule is O=C(Cc1ccccn1)N[C@@H]1CC[C@@H](CC(=O)N2CCCCC2)O[C@@H]1CO. The Morgan fingerprint density at radius 2 is 2.04 bits per heavy atom. The van der Waals surface area contributed by atoms with Crippen LogP contribution in [0.1, 0.15) is 44.2 Å². The fraction of sp³-hybridized carbons (Fsp3) is 0.650. The van der Waals surface area contributed by atoms with E-state index >= 15 is 0 Å². The second kappa shape index (κ2) is 9.80. The molecule has 2 saturated heterocycles. The Bertz CT molecular complexity index is 619. The zero-order chi connectivity index (χ0) is 19.1. The molecule has 2 amide bonds. The van der Waals surface area contributed by atoms with Gasteiger partial charge in [-0.15, -0.1) is 0 Å². The van der Waals surface area contributed by atoms with Gasteiger partial charge in [-0.3, -0.25) is 14.6 Å². The zero-order valence-corrected chi connectivity index (χ0v) is 15.7. The van der Waals surface area contributed by atoms with Gasteiger partial charge >= 0.3 is 0 Å². The first-order chi connectivity index (χ1) is 13.2. The van der Waals surface area contributed by atoms with Crippen LogP contribution in [0.4, 0.5) is 0 Å². The number of aliphatic hydroxyl groups is 1. The first-order valence-corrected chi connectivity index (χ1v) is 9.89. The molecule has 148 valence electrons. The average molecular weight is 375 g/mol. The molecule has 3 atom stereocenters. The molecule has 27 heavy (non-hydrogen) atoms. The molecule has 0 aliphatic carbocycles. The highest BCUT2D eigenvalue weighted by molar-refractivity contribution is 5.78. The second-order valence-electron chi connectivity index (χ2n) is 7.37. The largest absolute Gasteiger partial charge is 0.394 e. The van der Waals surface area contributed by atoms with E-state index in [9.17, 15) is 14.7 Å². The molecule has 7 nitrogen and oxygen atoms in total. The van der Waals surface area contributed by atoms with Crippen LogP contribution in [0.3, 0.4) is 0 Å². The minimum atomic E-state index is -0.481. The monoisotopic (exact) mass is 375 g/mol. The molecule has 0 radical (unpaired) electrons. The number of piperidine rings is 1. The Morgan fingerprint density at radius 1 is 1.22 bits per heavy atom. The minimum absolute atomic E-state index is 0.133. The van der Waals surface area contributed by atoms with Gasteiger partial charge in [0.1, 0.15) is 6.10 Å². The van der Waals surface area contributed by atoms with E-state index in [4.69, 9.17) is 4.74 Å². The highest BCUT2D eigenvalue weighted by atomic mass is 16.5. The Balaban J connectivity index is 1.47. The number of aromatic nitrogens is 1. The summed E-state index contributed by atoms with van der Waals surface area (Å²) in [6, 6.07) is 5.22. The number of pyridine rings is 1. The summed E-state index contributed by atoms with van der Waals surface area (Å²) < 4.78 is 5.93. The molecule has 2 aliphatic heterocycles. The molecule has 3 heterocycles. The zero-order valence-electron chi connectivity index (χ0n) is 15.7. The standard InChI is InChI=1S/C20H29N3O4/c24-14-18-17(22-19(25)12-15-6-2-3-9-21-15)8-7-16(27-18)13-20(26)23-10-4-1-5-11-23/h2-3,6,9,16-18,24H,1,4-5,7-8,10-14H2,(H,22,25)/t16-,17+,18+/m0/s1. The Labute approximate surface area is 160 Å². The molecular weight excluding hydrogens is 346 g/mol. The summed E-state index contributed by atoms with van der Waals surface area (Å²) in [6.45, 7) is 1.49. The number of rotatable bonds is 6. The lowest BCUT2D eigenvalue weighted by molar-refractivity contribution is -0.143. The molecule has 2 N–H and O–H groups in total. The van der Waals surface area contributed by atoms with Gasteiger partial charge in [-0.1, -0.05) is 6.07 Å². The van der Waals surface area contributed by atoms with Crippen molar-refractivity contribution in [3.63, 3.8) is 0 Å². The Hall–Kier alpha value is -1.99. The van der Waals surface area contributed by atoms with Gasteiger partial charge in [-0.05, 0) is 44.2 Å². The quantitative estimate of drug-likeness (QED) is 0.775. The number of carbonyl (C=O) groups excluding carboxylic acids is 2. The lowest BCUT2D eigenvalue weighted by Gasteiger charge is -2.37. The van der Waals surface area contributed by atoms with Crippen LogP contribution in [0.15, 0.2) is 24.4 Å². The van der Waals surface area contributed by atoms with E-state index in [1.54, 1.807) is 6.20 Å². The van der Waals surface area contributed by atoms with Crippen molar-refractivity contribution < 1.29 is 19.4 Å². The van der Waals surface area contributed by atoms with Crippen molar-refractivity contribution in [1.29, 1.82) is 0 Å². The van der Waals surface area contributed by atoms with Gasteiger partial charge in [-0.2, -0.15) is 0 Å². The highest BCUT2D eigenvalue weighted by Gasteiger charge is 2.33. The normalized spacial score (nSPS) is 25.8. The fourth-order valence-corrected chi connectivity index (χ4v) is 3.84. The van der Waals surface area contributed by atoms with Gasteiger partial charge in [-0.25, -0.2) is 0 Å². The van der Waals surface area contributed by atoms with Crippen molar-refractivity contribution in [3.8, 4) is 0 Å². The average Bonchev–Trinajstić information content (AvgIpc) is 2.70. The molecule has 1 aromatic heterocycles. The van der Waals surface area contributed by atoms with Crippen LogP contribution in [0.2, 0.25) is 0 Å². The molecule has 2 fully saturated rings. The summed E-state index contributed by atoms with van der Waals surface area (Å²) in [7, 11) is 0. The van der Waals surface area contributed by atoms with Crippen LogP contribution >= 0.6 is 0 Å². The van der Waals surface area contributed by atoms with Gasteiger partial charge in [0, 0.05) is 25.0 Å². The van der Waals surface area contributed by atoms with Gasteiger partial charge in [0.05, 0.1) is 31.6 Å². The minimum Gasteiger partial charge on any atom is -0.394 e. The van der Waals surface area contributed by atoms with E-state index in [2.05, 4.69) is 10.3 Å². The second-order valence-corrected chi connectivity index (χ2v) is 7.37. The topological polar surface area (TPSA) is 91.8 Å². The first kappa shape index (κ1) is 19.8. The van der Waals surface area contributed by atoms with Gasteiger partial charge < -0.3 is 20.1 Å². The van der Waals surface area contributed by atoms with Gasteiger partial charge in [0.25, 0.3) is 0 Å². The number of likely N-dealkylation sites (tertiary alicyclic amines) is 1. The molecule has 2 aliphatic rings. The summed E-state index contributed by atoms with van der Waals surface area (Å²) >= 11 is 0. The summed E-state index contributed by atoms with van der Waals surface area (Å²) in [4.78, 5) is 30.8. The summed E-state index contributed by atoms with van der Waals surface area (Å²) in [5.41, 5.74) is 0.706. The predicted octanol–water partition coefficient (Wildman–Crippen LogP) is 1.05. The molecule has 0 bridgehead atoms. The third kappa shape index (κ3) is 5.74. The molecule has 0 aromatic carbocycles. The van der Waals surface area contributed by atoms with Crippen LogP contribution < -0.4 is 5.32 Å². The smallest absolute Gasteiger partial charge is 0.226 e. The number of carbonyl (C=O) groups is 2. The number of nitrogens with zero attached hydrogens (tertiary/aromatic N) is 2. The van der Waals surface area contributed by atoms with Crippen molar-refractivity contribution in [2.24, 2.45) is 0 Å². The number of amides is 2. The summed E-state index contributed by atoms with van der Waals surface area (Å²) in [5, 5.41) is 12.6. The van der Waals surface area contributed by atoms with Gasteiger partial charge in [0.15, 0.2) is 0 Å². The van der Waals surface area contributed by atoms with Crippen molar-refractivity contribution in [3.05, 3.63) is 30.1 Å². The molecular formula is C20H29N3O4. The summed E-state index contributed by atoms with van der Waals surface area (Å²) in [5.74, 6) is -0.00220. The predicted molar refractivity (Wildman–Crippen MR) is 99.9 cm³/mol. The maximum atomic E-state index is 12.4. The molecule has 7 heteroatoms. The maximum absolute atomic E-state index is 12.4. The summed E-state index contributed by atoms with van der Waals surface area (Å²) in [6.07, 6.45) is 6.26. The molecule has 3 rings (SSSR count). The third-order valence-electron chi connectivity index (χ3n) is 5.32. The number of aliphatic hydroxyl groups excluding tert-OH is 1. The highest BCUT2D eigenvalue weighted by Crippen LogP contribution is 2.23. The molecule has 0 saturated carbocycles. The van der Waals surface area contributed by atoms with E-state index < -0.39 is 6.10 Å². The third-order valence-corrected chi connectivity index (χ3v) is 5.32. The Morgan fingerprint density at radius 3 is 2.74 bits per heavy atom. The number of hydrogen-bond donors (Lipinski definition) is 2. The molecule has 0 unspecified atom stereocenters. The van der Waals surface area contributed by atoms with Crippen molar-refractivity contribution >= 4 is 11.8 Å². The van der Waals surface area contributed by atoms with Crippen LogP contribution in [0.25, 0.3) is 0 Å². The van der Waals surface area contributed by atoms with Crippen LogP contribution in [-0.4, -0.2) is 64.8 Å². The van der Waals surface area contributed by atoms with E-state index in [-0.39, 0.29) is 37.0 Å². The maximum Gasteiger partial charge on any atom is 0.226 e. The Kier molecular flexibility index (Phi) is 7.18.